The van der Waals surface area contributed by atoms with Crippen LogP contribution in [-0.4, -0.2) is 14.6 Å². The maximum Gasteiger partial charge on any atom is 0.212 e. The molecule has 0 bridgehead atoms. The Morgan fingerprint density at radius 1 is 1.73 bits per heavy atom. The molecule has 0 N–H and O–H groups in total. The molecule has 1 aliphatic heterocycles. The quantitative estimate of drug-likeness (QED) is 0.575. The second-order valence-corrected chi connectivity index (χ2v) is 3.89. The van der Waals surface area contributed by atoms with Crippen molar-refractivity contribution < 1.29 is 4.42 Å². The fraction of sp³-hybridized carbons (Fsp3) is 0.571. The Kier molecular flexibility index (Phi) is 2.13. The summed E-state index contributed by atoms with van der Waals surface area (Å²) in [6, 6.07) is 0.408. The van der Waals surface area contributed by atoms with E-state index >= 15 is 0 Å². The second kappa shape index (κ2) is 3.10. The van der Waals surface area contributed by atoms with Crippen LogP contribution in [0.5, 0.6) is 0 Å². The monoisotopic (exact) mass is 264 g/mol. The number of hydrogen-bond donors (Lipinski definition) is 0. The van der Waals surface area contributed by atoms with E-state index in [4.69, 9.17) is 4.42 Å². The summed E-state index contributed by atoms with van der Waals surface area (Å²) in [6.45, 7) is 1.15. The Bertz CT molecular complexity index is 224. The van der Waals surface area contributed by atoms with Crippen LogP contribution < -0.4 is 0 Å². The molecular weight excluding hydrogens is 255 g/mol. The summed E-state index contributed by atoms with van der Waals surface area (Å²) in [4.78, 5) is 4.14. The molecule has 2 heterocycles. The van der Waals surface area contributed by atoms with Crippen LogP contribution in [0.4, 0.5) is 0 Å². The molecule has 0 unspecified atom stereocenters. The Labute approximate surface area is 79.3 Å². The lowest BCUT2D eigenvalue weighted by molar-refractivity contribution is 0.372. The van der Waals surface area contributed by atoms with Crippen LogP contribution in [0, 0.1) is 0 Å². The zero-order valence-corrected chi connectivity index (χ0v) is 8.19. The molecule has 3 nitrogen and oxygen atoms in total. The highest BCUT2D eigenvalue weighted by atomic mass is 127. The fourth-order valence-electron chi connectivity index (χ4n) is 1.37. The highest BCUT2D eigenvalue weighted by Crippen LogP contribution is 2.33. The van der Waals surface area contributed by atoms with Crippen LogP contribution in [0.1, 0.15) is 24.8 Å². The van der Waals surface area contributed by atoms with E-state index in [2.05, 4.69) is 31.0 Å². The zero-order valence-electron chi connectivity index (χ0n) is 6.03. The normalized spacial score (nSPS) is 26.1. The molecule has 1 aromatic rings. The first kappa shape index (κ1) is 7.54. The standard InChI is InChI=1S/C7H9IN2O/c8-10-4-1-2-6(10)7-9-3-5-11-7/h3,5-6H,1-2,4H2/t6-/m0/s1. The van der Waals surface area contributed by atoms with Crippen molar-refractivity contribution in [3.63, 3.8) is 0 Å². The minimum absolute atomic E-state index is 0.408. The van der Waals surface area contributed by atoms with Crippen molar-refractivity contribution in [1.29, 1.82) is 0 Å². The molecule has 1 atom stereocenters. The molecule has 0 amide bonds. The average molecular weight is 264 g/mol. The van der Waals surface area contributed by atoms with Gasteiger partial charge < -0.3 is 4.42 Å². The highest BCUT2D eigenvalue weighted by Gasteiger charge is 2.27. The van der Waals surface area contributed by atoms with Crippen LogP contribution in [0.2, 0.25) is 0 Å². The maximum absolute atomic E-state index is 5.23. The summed E-state index contributed by atoms with van der Waals surface area (Å²) in [5.74, 6) is 0.858. The van der Waals surface area contributed by atoms with E-state index < -0.39 is 0 Å². The number of oxazole rings is 1. The van der Waals surface area contributed by atoms with Crippen LogP contribution in [0.3, 0.4) is 0 Å². The molecule has 0 aliphatic carbocycles. The smallest absolute Gasteiger partial charge is 0.212 e. The van der Waals surface area contributed by atoms with Gasteiger partial charge in [0.2, 0.25) is 5.89 Å². The van der Waals surface area contributed by atoms with E-state index in [-0.39, 0.29) is 0 Å². The van der Waals surface area contributed by atoms with E-state index in [0.29, 0.717) is 6.04 Å². The van der Waals surface area contributed by atoms with Crippen LogP contribution in [0.25, 0.3) is 0 Å². The number of rotatable bonds is 1. The molecule has 1 saturated heterocycles. The van der Waals surface area contributed by atoms with Gasteiger partial charge in [-0.15, -0.1) is 0 Å². The van der Waals surface area contributed by atoms with Gasteiger partial charge in [-0.05, 0) is 12.8 Å². The Morgan fingerprint density at radius 3 is 3.18 bits per heavy atom. The van der Waals surface area contributed by atoms with E-state index in [1.54, 1.807) is 12.5 Å². The summed E-state index contributed by atoms with van der Waals surface area (Å²) in [5.41, 5.74) is 0. The number of nitrogens with zero attached hydrogens (tertiary/aromatic N) is 2. The molecule has 0 saturated carbocycles. The van der Waals surface area contributed by atoms with Gasteiger partial charge in [-0.3, -0.25) is 0 Å². The molecule has 1 aromatic heterocycles. The van der Waals surface area contributed by atoms with Crippen molar-refractivity contribution in [1.82, 2.24) is 8.10 Å². The first-order valence-electron chi connectivity index (χ1n) is 3.70. The van der Waals surface area contributed by atoms with Crippen molar-refractivity contribution in [2.75, 3.05) is 6.54 Å². The Morgan fingerprint density at radius 2 is 2.64 bits per heavy atom. The van der Waals surface area contributed by atoms with Gasteiger partial charge in [0.15, 0.2) is 0 Å². The van der Waals surface area contributed by atoms with Gasteiger partial charge in [-0.25, -0.2) is 8.10 Å². The molecule has 60 valence electrons. The van der Waals surface area contributed by atoms with Crippen LogP contribution >= 0.6 is 22.9 Å². The van der Waals surface area contributed by atoms with E-state index in [9.17, 15) is 0 Å². The third kappa shape index (κ3) is 1.41. The Hall–Kier alpha value is -0.100. The molecule has 1 aliphatic rings. The largest absolute Gasteiger partial charge is 0.447 e. The molecule has 0 aromatic carbocycles. The predicted octanol–water partition coefficient (Wildman–Crippen LogP) is 2.16. The molecule has 11 heavy (non-hydrogen) atoms. The van der Waals surface area contributed by atoms with Gasteiger partial charge in [0.1, 0.15) is 6.26 Å². The number of halogens is 1. The third-order valence-corrected chi connectivity index (χ3v) is 3.08. The summed E-state index contributed by atoms with van der Waals surface area (Å²) in [7, 11) is 0. The maximum atomic E-state index is 5.23. The first-order chi connectivity index (χ1) is 5.38. The van der Waals surface area contributed by atoms with E-state index in [0.717, 1.165) is 12.4 Å². The summed E-state index contributed by atoms with van der Waals surface area (Å²) < 4.78 is 7.48. The summed E-state index contributed by atoms with van der Waals surface area (Å²) in [5, 5.41) is 0. The minimum atomic E-state index is 0.408. The van der Waals surface area contributed by atoms with Gasteiger partial charge >= 0.3 is 0 Å². The molecule has 2 rings (SSSR count). The predicted molar refractivity (Wildman–Crippen MR) is 49.2 cm³/mol. The lowest BCUT2D eigenvalue weighted by Crippen LogP contribution is -2.10. The number of aromatic nitrogens is 1. The van der Waals surface area contributed by atoms with Crippen molar-refractivity contribution in [3.05, 3.63) is 18.4 Å². The molecule has 0 spiro atoms. The highest BCUT2D eigenvalue weighted by molar-refractivity contribution is 14.1. The zero-order chi connectivity index (χ0) is 7.68. The first-order valence-corrected chi connectivity index (χ1v) is 4.66. The topological polar surface area (TPSA) is 29.3 Å². The van der Waals surface area contributed by atoms with Crippen LogP contribution in [0.15, 0.2) is 16.9 Å². The lowest BCUT2D eigenvalue weighted by Gasteiger charge is -2.12. The SMILES string of the molecule is IN1CCC[C@H]1c1ncco1. The molecule has 1 fully saturated rings. The Balaban J connectivity index is 2.16. The second-order valence-electron chi connectivity index (χ2n) is 2.65. The van der Waals surface area contributed by atoms with E-state index in [1.165, 1.54) is 12.8 Å². The van der Waals surface area contributed by atoms with Crippen molar-refractivity contribution in [2.24, 2.45) is 0 Å². The van der Waals surface area contributed by atoms with Crippen molar-refractivity contribution >= 4 is 22.9 Å². The van der Waals surface area contributed by atoms with Crippen LogP contribution in [-0.2, 0) is 0 Å². The van der Waals surface area contributed by atoms with Crippen molar-refractivity contribution in [3.8, 4) is 0 Å². The van der Waals surface area contributed by atoms with E-state index in [1.807, 2.05) is 0 Å². The summed E-state index contributed by atoms with van der Waals surface area (Å²) in [6.07, 6.45) is 5.76. The van der Waals surface area contributed by atoms with Gasteiger partial charge in [0.05, 0.1) is 12.2 Å². The number of hydrogen-bond acceptors (Lipinski definition) is 3. The minimum Gasteiger partial charge on any atom is -0.447 e. The molecule has 4 heteroatoms. The lowest BCUT2D eigenvalue weighted by atomic mass is 10.2. The summed E-state index contributed by atoms with van der Waals surface area (Å²) >= 11 is 2.33. The average Bonchev–Trinajstić information content (AvgIpc) is 2.55. The fourth-order valence-corrected chi connectivity index (χ4v) is 2.23. The van der Waals surface area contributed by atoms with Gasteiger partial charge in [-0.1, -0.05) is 0 Å². The van der Waals surface area contributed by atoms with Crippen molar-refractivity contribution in [2.45, 2.75) is 18.9 Å². The van der Waals surface area contributed by atoms with Gasteiger partial charge in [0, 0.05) is 29.4 Å². The molecular formula is C7H9IN2O. The molecule has 0 radical (unpaired) electrons. The van der Waals surface area contributed by atoms with Gasteiger partial charge in [-0.2, -0.15) is 0 Å². The van der Waals surface area contributed by atoms with Gasteiger partial charge in [0.25, 0.3) is 0 Å². The third-order valence-electron chi connectivity index (χ3n) is 1.92.